The second kappa shape index (κ2) is 2.71. The van der Waals surface area contributed by atoms with Crippen molar-refractivity contribution in [2.75, 3.05) is 6.61 Å². The maximum atomic E-state index is 5.18. The summed E-state index contributed by atoms with van der Waals surface area (Å²) in [7, 11) is 0. The van der Waals surface area contributed by atoms with Gasteiger partial charge in [0.15, 0.2) is 0 Å². The number of rotatable bonds is 4. The van der Waals surface area contributed by atoms with Crippen molar-refractivity contribution < 1.29 is 4.84 Å². The molecule has 0 heterocycles. The molecule has 0 spiro atoms. The number of nitrogens with two attached hydrogens (primary N) is 1. The standard InChI is InChI=1S/C10H19NO/c1-2-9(4-3-5-9)10(6-7-10)8-12-11/h2-8,11H2,1H3. The van der Waals surface area contributed by atoms with Crippen LogP contribution in [0.4, 0.5) is 0 Å². The second-order valence-corrected chi connectivity index (χ2v) is 4.58. The van der Waals surface area contributed by atoms with Crippen molar-refractivity contribution in [3.63, 3.8) is 0 Å². The van der Waals surface area contributed by atoms with E-state index < -0.39 is 0 Å². The van der Waals surface area contributed by atoms with Crippen molar-refractivity contribution in [3.05, 3.63) is 0 Å². The van der Waals surface area contributed by atoms with E-state index >= 15 is 0 Å². The van der Waals surface area contributed by atoms with Gasteiger partial charge in [-0.3, -0.25) is 0 Å². The van der Waals surface area contributed by atoms with Crippen LogP contribution in [0.15, 0.2) is 0 Å². The summed E-state index contributed by atoms with van der Waals surface area (Å²) < 4.78 is 0. The lowest BCUT2D eigenvalue weighted by Crippen LogP contribution is -2.41. The lowest BCUT2D eigenvalue weighted by molar-refractivity contribution is -0.0363. The molecule has 0 amide bonds. The molecule has 2 fully saturated rings. The van der Waals surface area contributed by atoms with Gasteiger partial charge in [-0.15, -0.1) is 0 Å². The van der Waals surface area contributed by atoms with Gasteiger partial charge < -0.3 is 4.84 Å². The minimum atomic E-state index is 0.495. The minimum Gasteiger partial charge on any atom is -0.304 e. The van der Waals surface area contributed by atoms with Crippen molar-refractivity contribution in [2.24, 2.45) is 16.7 Å². The van der Waals surface area contributed by atoms with Crippen molar-refractivity contribution in [2.45, 2.75) is 45.4 Å². The van der Waals surface area contributed by atoms with Gasteiger partial charge in [-0.25, -0.2) is 5.90 Å². The van der Waals surface area contributed by atoms with Crippen LogP contribution in [0.3, 0.4) is 0 Å². The second-order valence-electron chi connectivity index (χ2n) is 4.58. The van der Waals surface area contributed by atoms with E-state index in [9.17, 15) is 0 Å². The molecule has 0 bridgehead atoms. The van der Waals surface area contributed by atoms with Crippen LogP contribution in [0.25, 0.3) is 0 Å². The average molecular weight is 169 g/mol. The maximum absolute atomic E-state index is 5.18. The van der Waals surface area contributed by atoms with Crippen molar-refractivity contribution in [1.29, 1.82) is 0 Å². The molecule has 70 valence electrons. The summed E-state index contributed by atoms with van der Waals surface area (Å²) in [6.07, 6.45) is 8.24. The topological polar surface area (TPSA) is 35.2 Å². The quantitative estimate of drug-likeness (QED) is 0.655. The molecule has 0 saturated heterocycles. The van der Waals surface area contributed by atoms with E-state index in [1.165, 1.54) is 38.5 Å². The fourth-order valence-electron chi connectivity index (χ4n) is 3.00. The zero-order valence-electron chi connectivity index (χ0n) is 7.94. The molecular formula is C10H19NO. The minimum absolute atomic E-state index is 0.495. The third kappa shape index (κ3) is 0.944. The van der Waals surface area contributed by atoms with Gasteiger partial charge in [0.05, 0.1) is 6.61 Å². The van der Waals surface area contributed by atoms with Gasteiger partial charge in [0.25, 0.3) is 0 Å². The van der Waals surface area contributed by atoms with Gasteiger partial charge in [0.1, 0.15) is 0 Å². The highest BCUT2D eigenvalue weighted by atomic mass is 16.6. The normalized spacial score (nSPS) is 29.5. The van der Waals surface area contributed by atoms with Crippen molar-refractivity contribution in [3.8, 4) is 0 Å². The average Bonchev–Trinajstić information content (AvgIpc) is 2.69. The van der Waals surface area contributed by atoms with Crippen LogP contribution in [0, 0.1) is 10.8 Å². The van der Waals surface area contributed by atoms with Crippen LogP contribution >= 0.6 is 0 Å². The Bertz CT molecular complexity index is 165. The van der Waals surface area contributed by atoms with Gasteiger partial charge in [0, 0.05) is 5.41 Å². The summed E-state index contributed by atoms with van der Waals surface area (Å²) >= 11 is 0. The maximum Gasteiger partial charge on any atom is 0.0740 e. The first-order valence-corrected chi connectivity index (χ1v) is 5.10. The molecule has 2 nitrogen and oxygen atoms in total. The van der Waals surface area contributed by atoms with Crippen LogP contribution in [0.1, 0.15) is 45.4 Å². The molecule has 2 rings (SSSR count). The summed E-state index contributed by atoms with van der Waals surface area (Å²) in [6, 6.07) is 0. The zero-order valence-corrected chi connectivity index (χ0v) is 7.94. The molecule has 2 saturated carbocycles. The number of hydrogen-bond donors (Lipinski definition) is 1. The summed E-state index contributed by atoms with van der Waals surface area (Å²) in [5.41, 5.74) is 1.11. The lowest BCUT2D eigenvalue weighted by atomic mass is 9.58. The molecule has 0 aromatic carbocycles. The van der Waals surface area contributed by atoms with E-state index in [-0.39, 0.29) is 0 Å². The Kier molecular flexibility index (Phi) is 1.92. The molecule has 0 aromatic rings. The smallest absolute Gasteiger partial charge is 0.0740 e. The van der Waals surface area contributed by atoms with E-state index in [1.54, 1.807) is 0 Å². The van der Waals surface area contributed by atoms with Crippen molar-refractivity contribution >= 4 is 0 Å². The van der Waals surface area contributed by atoms with E-state index in [4.69, 9.17) is 10.7 Å². The molecular weight excluding hydrogens is 150 g/mol. The van der Waals surface area contributed by atoms with E-state index in [1.807, 2.05) is 0 Å². The Labute approximate surface area is 74.4 Å². The summed E-state index contributed by atoms with van der Waals surface area (Å²) in [4.78, 5) is 4.85. The van der Waals surface area contributed by atoms with Gasteiger partial charge in [-0.05, 0) is 37.5 Å². The Morgan fingerprint density at radius 3 is 2.08 bits per heavy atom. The highest BCUT2D eigenvalue weighted by molar-refractivity contribution is 5.09. The molecule has 0 atom stereocenters. The Hall–Kier alpha value is -0.0800. The van der Waals surface area contributed by atoms with E-state index in [2.05, 4.69) is 6.92 Å². The third-order valence-corrected chi connectivity index (χ3v) is 4.33. The molecule has 0 radical (unpaired) electrons. The van der Waals surface area contributed by atoms with Crippen LogP contribution < -0.4 is 5.90 Å². The summed E-state index contributed by atoms with van der Waals surface area (Å²) in [5.74, 6) is 5.18. The molecule has 2 N–H and O–H groups in total. The first-order chi connectivity index (χ1) is 5.79. The predicted octanol–water partition coefficient (Wildman–Crippen LogP) is 2.24. The van der Waals surface area contributed by atoms with E-state index in [0.717, 1.165) is 6.61 Å². The summed E-state index contributed by atoms with van der Waals surface area (Å²) in [6.45, 7) is 3.11. The molecule has 0 unspecified atom stereocenters. The highest BCUT2D eigenvalue weighted by Crippen LogP contribution is 2.68. The predicted molar refractivity (Wildman–Crippen MR) is 48.4 cm³/mol. The fraction of sp³-hybridized carbons (Fsp3) is 1.00. The highest BCUT2D eigenvalue weighted by Gasteiger charge is 2.60. The molecule has 0 aliphatic heterocycles. The number of hydrogen-bond acceptors (Lipinski definition) is 2. The Morgan fingerprint density at radius 1 is 1.17 bits per heavy atom. The van der Waals surface area contributed by atoms with E-state index in [0.29, 0.717) is 10.8 Å². The van der Waals surface area contributed by atoms with Crippen LogP contribution in [-0.2, 0) is 4.84 Å². The van der Waals surface area contributed by atoms with Crippen LogP contribution in [0.2, 0.25) is 0 Å². The monoisotopic (exact) mass is 169 g/mol. The van der Waals surface area contributed by atoms with Gasteiger partial charge in [-0.2, -0.15) is 0 Å². The third-order valence-electron chi connectivity index (χ3n) is 4.33. The molecule has 2 aliphatic carbocycles. The Balaban J connectivity index is 2.05. The Morgan fingerprint density at radius 2 is 1.83 bits per heavy atom. The zero-order chi connectivity index (χ0) is 8.66. The van der Waals surface area contributed by atoms with Crippen molar-refractivity contribution in [1.82, 2.24) is 0 Å². The fourth-order valence-corrected chi connectivity index (χ4v) is 3.00. The molecule has 2 heteroatoms. The molecule has 2 aliphatic rings. The largest absolute Gasteiger partial charge is 0.304 e. The van der Waals surface area contributed by atoms with Crippen LogP contribution in [-0.4, -0.2) is 6.61 Å². The van der Waals surface area contributed by atoms with Gasteiger partial charge in [-0.1, -0.05) is 13.3 Å². The first kappa shape index (κ1) is 8.52. The summed E-state index contributed by atoms with van der Waals surface area (Å²) in [5, 5.41) is 0. The van der Waals surface area contributed by atoms with Gasteiger partial charge >= 0.3 is 0 Å². The van der Waals surface area contributed by atoms with Gasteiger partial charge in [0.2, 0.25) is 0 Å². The van der Waals surface area contributed by atoms with Crippen LogP contribution in [0.5, 0.6) is 0 Å². The molecule has 0 aromatic heterocycles. The SMILES string of the molecule is CCC1(C2(CON)CC2)CCC1. The molecule has 12 heavy (non-hydrogen) atoms. The first-order valence-electron chi connectivity index (χ1n) is 5.10. The lowest BCUT2D eigenvalue weighted by Gasteiger charge is -2.48.